The van der Waals surface area contributed by atoms with Crippen molar-refractivity contribution in [3.63, 3.8) is 0 Å². The van der Waals surface area contributed by atoms with Crippen molar-refractivity contribution in [3.05, 3.63) is 23.8 Å². The minimum absolute atomic E-state index is 0.205. The van der Waals surface area contributed by atoms with Gasteiger partial charge in [0.2, 0.25) is 10.0 Å². The van der Waals surface area contributed by atoms with Crippen molar-refractivity contribution in [2.45, 2.75) is 24.7 Å². The van der Waals surface area contributed by atoms with E-state index in [4.69, 9.17) is 10.5 Å². The summed E-state index contributed by atoms with van der Waals surface area (Å²) in [6.45, 7) is 2.72. The van der Waals surface area contributed by atoms with Crippen LogP contribution < -0.4 is 10.5 Å². The molecule has 0 aliphatic heterocycles. The molecule has 0 atom stereocenters. The van der Waals surface area contributed by atoms with Crippen molar-refractivity contribution in [1.29, 1.82) is 0 Å². The average Bonchev–Trinajstić information content (AvgIpc) is 2.49. The van der Waals surface area contributed by atoms with E-state index in [1.807, 2.05) is 6.92 Å². The van der Waals surface area contributed by atoms with Crippen LogP contribution in [0.1, 0.15) is 25.3 Å². The third-order valence-electron chi connectivity index (χ3n) is 3.03. The van der Waals surface area contributed by atoms with E-state index < -0.39 is 10.0 Å². The fourth-order valence-corrected chi connectivity index (χ4v) is 3.01. The van der Waals surface area contributed by atoms with Gasteiger partial charge in [0.1, 0.15) is 5.75 Å². The minimum Gasteiger partial charge on any atom is -0.495 e. The predicted octanol–water partition coefficient (Wildman–Crippen LogP) is 1.43. The molecule has 0 aliphatic carbocycles. The largest absolute Gasteiger partial charge is 0.495 e. The van der Waals surface area contributed by atoms with Gasteiger partial charge in [0.25, 0.3) is 0 Å². The maximum Gasteiger partial charge on any atom is 0.242 e. The van der Waals surface area contributed by atoms with Crippen molar-refractivity contribution in [2.75, 3.05) is 27.2 Å². The highest BCUT2D eigenvalue weighted by atomic mass is 32.2. The number of methoxy groups -OCH3 is 1. The molecule has 1 aromatic carbocycles. The third kappa shape index (κ3) is 4.46. The van der Waals surface area contributed by atoms with Crippen LogP contribution in [0.5, 0.6) is 5.75 Å². The van der Waals surface area contributed by atoms with Gasteiger partial charge in [-0.15, -0.1) is 0 Å². The highest BCUT2D eigenvalue weighted by Crippen LogP contribution is 2.23. The summed E-state index contributed by atoms with van der Waals surface area (Å²) < 4.78 is 31.5. The first-order valence-electron chi connectivity index (χ1n) is 6.80. The highest BCUT2D eigenvalue weighted by molar-refractivity contribution is 7.89. The van der Waals surface area contributed by atoms with Gasteiger partial charge in [0.15, 0.2) is 0 Å². The molecule has 0 amide bonds. The number of sulfonamides is 1. The van der Waals surface area contributed by atoms with E-state index in [0.717, 1.165) is 12.8 Å². The van der Waals surface area contributed by atoms with E-state index in [9.17, 15) is 8.42 Å². The number of hydrogen-bond acceptors (Lipinski definition) is 4. The first kappa shape index (κ1) is 17.5. The SMILES string of the molecule is CCCCN(C)S(=O)(=O)c1ccc(OC)c(C#CCN)c1. The smallest absolute Gasteiger partial charge is 0.242 e. The lowest BCUT2D eigenvalue weighted by molar-refractivity contribution is 0.413. The van der Waals surface area contributed by atoms with Gasteiger partial charge >= 0.3 is 0 Å². The van der Waals surface area contributed by atoms with Gasteiger partial charge in [-0.25, -0.2) is 12.7 Å². The van der Waals surface area contributed by atoms with Gasteiger partial charge in [0.05, 0.1) is 24.1 Å². The molecule has 0 aliphatic rings. The lowest BCUT2D eigenvalue weighted by atomic mass is 10.2. The summed E-state index contributed by atoms with van der Waals surface area (Å²) in [7, 11) is -0.403. The first-order chi connectivity index (χ1) is 9.97. The number of hydrogen-bond donors (Lipinski definition) is 1. The lowest BCUT2D eigenvalue weighted by Gasteiger charge is -2.17. The topological polar surface area (TPSA) is 72.6 Å². The minimum atomic E-state index is -3.50. The molecule has 116 valence electrons. The second-order valence-corrected chi connectivity index (χ2v) is 6.59. The van der Waals surface area contributed by atoms with Crippen LogP contribution in [-0.4, -0.2) is 40.0 Å². The second-order valence-electron chi connectivity index (χ2n) is 4.55. The summed E-state index contributed by atoms with van der Waals surface area (Å²) in [4.78, 5) is 0.211. The number of nitrogens with zero attached hydrogens (tertiary/aromatic N) is 1. The van der Waals surface area contributed by atoms with Crippen LogP contribution in [0, 0.1) is 11.8 Å². The van der Waals surface area contributed by atoms with Gasteiger partial charge in [-0.3, -0.25) is 0 Å². The Labute approximate surface area is 127 Å². The van der Waals surface area contributed by atoms with Crippen molar-refractivity contribution in [2.24, 2.45) is 5.73 Å². The fraction of sp³-hybridized carbons (Fsp3) is 0.467. The summed E-state index contributed by atoms with van der Waals surface area (Å²) >= 11 is 0. The Morgan fingerprint density at radius 1 is 1.38 bits per heavy atom. The number of nitrogens with two attached hydrogens (primary N) is 1. The Hall–Kier alpha value is -1.55. The molecule has 0 saturated heterocycles. The standard InChI is InChI=1S/C15H22N2O3S/c1-4-5-11-17(2)21(18,19)14-8-9-15(20-3)13(12-14)7-6-10-16/h8-9,12H,4-5,10-11,16H2,1-3H3. The first-order valence-corrected chi connectivity index (χ1v) is 8.24. The number of unbranched alkanes of at least 4 members (excludes halogenated alkanes) is 1. The van der Waals surface area contributed by atoms with E-state index in [-0.39, 0.29) is 11.4 Å². The Balaban J connectivity index is 3.18. The number of ether oxygens (including phenoxy) is 1. The highest BCUT2D eigenvalue weighted by Gasteiger charge is 2.21. The summed E-state index contributed by atoms with van der Waals surface area (Å²) in [5.41, 5.74) is 5.88. The van der Waals surface area contributed by atoms with Crippen LogP contribution in [0.4, 0.5) is 0 Å². The molecule has 5 nitrogen and oxygen atoms in total. The van der Waals surface area contributed by atoms with Crippen LogP contribution in [0.3, 0.4) is 0 Å². The molecular weight excluding hydrogens is 288 g/mol. The van der Waals surface area contributed by atoms with Crippen LogP contribution in [0.25, 0.3) is 0 Å². The molecule has 2 N–H and O–H groups in total. The maximum atomic E-state index is 12.5. The summed E-state index contributed by atoms with van der Waals surface area (Å²) in [5.74, 6) is 6.08. The number of rotatable bonds is 6. The second kappa shape index (κ2) is 8.03. The molecule has 21 heavy (non-hydrogen) atoms. The van der Waals surface area contributed by atoms with E-state index in [0.29, 0.717) is 17.9 Å². The van der Waals surface area contributed by atoms with Crippen molar-refractivity contribution in [1.82, 2.24) is 4.31 Å². The Morgan fingerprint density at radius 3 is 2.67 bits per heavy atom. The quantitative estimate of drug-likeness (QED) is 0.807. The molecule has 1 aromatic rings. The molecule has 0 heterocycles. The van der Waals surface area contributed by atoms with E-state index in [1.165, 1.54) is 23.5 Å². The summed E-state index contributed by atoms with van der Waals surface area (Å²) in [5, 5.41) is 0. The Kier molecular flexibility index (Phi) is 6.69. The molecule has 0 aromatic heterocycles. The van der Waals surface area contributed by atoms with E-state index in [2.05, 4.69) is 11.8 Å². The van der Waals surface area contributed by atoms with Gasteiger partial charge in [-0.05, 0) is 24.6 Å². The average molecular weight is 310 g/mol. The van der Waals surface area contributed by atoms with Crippen LogP contribution in [0.2, 0.25) is 0 Å². The van der Waals surface area contributed by atoms with Crippen LogP contribution >= 0.6 is 0 Å². The van der Waals surface area contributed by atoms with Crippen LogP contribution in [0.15, 0.2) is 23.1 Å². The zero-order chi connectivity index (χ0) is 15.9. The zero-order valence-corrected chi connectivity index (χ0v) is 13.5. The van der Waals surface area contributed by atoms with Crippen LogP contribution in [-0.2, 0) is 10.0 Å². The van der Waals surface area contributed by atoms with Gasteiger partial charge in [0, 0.05) is 13.6 Å². The molecular formula is C15H22N2O3S. The van der Waals surface area contributed by atoms with Crippen molar-refractivity contribution < 1.29 is 13.2 Å². The molecule has 0 bridgehead atoms. The fourth-order valence-electron chi connectivity index (χ4n) is 1.77. The molecule has 0 spiro atoms. The zero-order valence-electron chi connectivity index (χ0n) is 12.7. The Morgan fingerprint density at radius 2 is 2.10 bits per heavy atom. The normalized spacial score (nSPS) is 11.1. The van der Waals surface area contributed by atoms with Gasteiger partial charge in [-0.1, -0.05) is 25.2 Å². The summed E-state index contributed by atoms with van der Waals surface area (Å²) in [6, 6.07) is 4.67. The third-order valence-corrected chi connectivity index (χ3v) is 4.88. The molecule has 1 rings (SSSR count). The molecule has 0 unspecified atom stereocenters. The lowest BCUT2D eigenvalue weighted by Crippen LogP contribution is -2.28. The molecule has 0 fully saturated rings. The predicted molar refractivity (Wildman–Crippen MR) is 83.7 cm³/mol. The number of benzene rings is 1. The van der Waals surface area contributed by atoms with E-state index >= 15 is 0 Å². The molecule has 6 heteroatoms. The van der Waals surface area contributed by atoms with Crippen molar-refractivity contribution in [3.8, 4) is 17.6 Å². The van der Waals surface area contributed by atoms with Crippen molar-refractivity contribution >= 4 is 10.0 Å². The molecule has 0 saturated carbocycles. The monoisotopic (exact) mass is 310 g/mol. The van der Waals surface area contributed by atoms with Gasteiger partial charge in [-0.2, -0.15) is 0 Å². The Bertz CT molecular complexity index is 630. The van der Waals surface area contributed by atoms with Gasteiger partial charge < -0.3 is 10.5 Å². The summed E-state index contributed by atoms with van der Waals surface area (Å²) in [6.07, 6.45) is 1.77. The molecule has 0 radical (unpaired) electrons. The maximum absolute atomic E-state index is 12.5. The van der Waals surface area contributed by atoms with E-state index in [1.54, 1.807) is 13.1 Å².